The van der Waals surface area contributed by atoms with Gasteiger partial charge in [-0.15, -0.1) is 0 Å². The molecule has 3 fully saturated rings. The third-order valence-electron chi connectivity index (χ3n) is 16.1. The Balaban J connectivity index is 0.00000677. The number of hydrogen-bond acceptors (Lipinski definition) is 22. The summed E-state index contributed by atoms with van der Waals surface area (Å²) in [5.41, 5.74) is 0. The van der Waals surface area contributed by atoms with Gasteiger partial charge in [-0.2, -0.15) is 0 Å². The van der Waals surface area contributed by atoms with Gasteiger partial charge in [0.2, 0.25) is 29.5 Å². The standard InChI is InChI=1S/C59H107N5O22.C4H10.C2H6/c1-37-50(73)53(76)43(34-65)84-57(37)81-30-15-9-22-47(70)60-25-13-7-19-40(56(79)63-27-12-5-6-21-46(69)62-28-18-29-80-4)33-42(68)41(64-49(72)24-11-17-32-83-59-39(3)52(75)55(78)45(36-67)86-59)20-8-14-26-61-48(71)23-10-16-31-82-58-38(2)51(74)54(77)44(35-66)85-58;1-4(2)3;1-2/h37-41,43-45,50-55,57-59,65-67,73-78H,5-36H2,1-4H3,(H,60,70)(H,61,71)(H,62,69)(H,63,79)(H,64,72);4H,1-3H3;1-2H3/t37?,38?,39?,40?,41?,43?,44?,45?,50-,51-,52-,53+,54+,55+,57-,58-,59-;;/m1../s1. The van der Waals surface area contributed by atoms with Crippen LogP contribution in [0.5, 0.6) is 0 Å². The van der Waals surface area contributed by atoms with Crippen LogP contribution in [0.4, 0.5) is 0 Å². The van der Waals surface area contributed by atoms with E-state index in [0.29, 0.717) is 136 Å². The first-order chi connectivity index (χ1) is 44.0. The van der Waals surface area contributed by atoms with Crippen LogP contribution in [0.3, 0.4) is 0 Å². The van der Waals surface area contributed by atoms with Crippen molar-refractivity contribution in [1.29, 1.82) is 0 Å². The Labute approximate surface area is 547 Å². The molecule has 3 heterocycles. The van der Waals surface area contributed by atoms with Crippen LogP contribution in [0.2, 0.25) is 0 Å². The van der Waals surface area contributed by atoms with Gasteiger partial charge in [-0.3, -0.25) is 28.8 Å². The predicted molar refractivity (Wildman–Crippen MR) is 342 cm³/mol. The molecule has 3 aliphatic rings. The average molecular weight is 1330 g/mol. The molecule has 14 N–H and O–H groups in total. The molecule has 17 atom stereocenters. The fourth-order valence-corrected chi connectivity index (χ4v) is 10.4. The van der Waals surface area contributed by atoms with Crippen LogP contribution in [0.15, 0.2) is 0 Å². The summed E-state index contributed by atoms with van der Waals surface area (Å²) >= 11 is 0. The number of hydrogen-bond donors (Lipinski definition) is 14. The van der Waals surface area contributed by atoms with E-state index in [1.54, 1.807) is 27.9 Å². The number of ketones is 1. The Bertz CT molecular complexity index is 1960. The lowest BCUT2D eigenvalue weighted by Crippen LogP contribution is -2.55. The van der Waals surface area contributed by atoms with Gasteiger partial charge in [-0.1, -0.05) is 68.2 Å². The summed E-state index contributed by atoms with van der Waals surface area (Å²) < 4.78 is 39.2. The van der Waals surface area contributed by atoms with Crippen molar-refractivity contribution in [3.63, 3.8) is 0 Å². The lowest BCUT2D eigenvalue weighted by atomic mass is 9.91. The van der Waals surface area contributed by atoms with Gasteiger partial charge in [-0.05, 0) is 95.8 Å². The predicted octanol–water partition coefficient (Wildman–Crippen LogP) is 1.92. The highest BCUT2D eigenvalue weighted by Gasteiger charge is 2.45. The topological polar surface area (TPSA) is 409 Å². The Morgan fingerprint density at radius 3 is 1.14 bits per heavy atom. The first kappa shape index (κ1) is 86.4. The van der Waals surface area contributed by atoms with Crippen molar-refractivity contribution < 1.29 is 108 Å². The molecule has 3 aliphatic heterocycles. The summed E-state index contributed by atoms with van der Waals surface area (Å²) in [6, 6.07) is -0.960. The van der Waals surface area contributed by atoms with Crippen LogP contribution in [-0.4, -0.2) is 241 Å². The Hall–Kier alpha value is -3.62. The van der Waals surface area contributed by atoms with Crippen molar-refractivity contribution in [2.75, 3.05) is 79.5 Å². The van der Waals surface area contributed by atoms with Crippen molar-refractivity contribution in [2.45, 2.75) is 270 Å². The fraction of sp³-hybridized carbons (Fsp3) is 0.908. The van der Waals surface area contributed by atoms with Crippen molar-refractivity contribution in [1.82, 2.24) is 26.6 Å². The summed E-state index contributed by atoms with van der Waals surface area (Å²) in [5.74, 6) is -3.10. The van der Waals surface area contributed by atoms with Crippen LogP contribution >= 0.6 is 0 Å². The highest BCUT2D eigenvalue weighted by atomic mass is 16.7. The molecule has 0 aromatic carbocycles. The lowest BCUT2D eigenvalue weighted by Gasteiger charge is -2.40. The third kappa shape index (κ3) is 35.4. The van der Waals surface area contributed by atoms with E-state index < -0.39 is 129 Å². The van der Waals surface area contributed by atoms with Gasteiger partial charge in [0.05, 0.1) is 44.2 Å². The average Bonchev–Trinajstić information content (AvgIpc) is 0.895. The number of aliphatic hydroxyl groups excluding tert-OH is 9. The Morgan fingerprint density at radius 2 is 0.761 bits per heavy atom. The molecule has 27 heteroatoms. The minimum Gasteiger partial charge on any atom is -0.394 e. The van der Waals surface area contributed by atoms with E-state index in [1.807, 2.05) is 13.8 Å². The number of rotatable bonds is 46. The second kappa shape index (κ2) is 51.6. The zero-order valence-corrected chi connectivity index (χ0v) is 56.9. The maximum absolute atomic E-state index is 14.3. The number of amides is 5. The SMILES string of the molecule is CC.CC(C)C.COCCCNC(=O)CCCCCNC(=O)C(CCCCNC(=O)CCCCO[C@@H]1OC(CO)[C@H](O)[C@H](O)C1C)CC(=O)C(CCCCNC(=O)CCCCO[C@@H]1OC(CO)[C@H](O)[C@H](O)C1C)NC(=O)CCCCO[C@@H]1OC(CO)[C@H](O)[C@H](O)C1C. The van der Waals surface area contributed by atoms with E-state index in [0.717, 1.165) is 5.92 Å². The maximum Gasteiger partial charge on any atom is 0.223 e. The Kier molecular flexibility index (Phi) is 48.5. The molecular formula is C65H123N5O22. The summed E-state index contributed by atoms with van der Waals surface area (Å²) in [5, 5.41) is 104. The molecule has 0 aromatic heterocycles. The number of Topliss-reactive ketones (excluding diaryl/α,β-unsaturated/α-hetero) is 1. The summed E-state index contributed by atoms with van der Waals surface area (Å²) in [6.07, 6.45) is -4.24. The number of carbonyl (C=O) groups excluding carboxylic acids is 6. The highest BCUT2D eigenvalue weighted by molar-refractivity contribution is 5.92. The van der Waals surface area contributed by atoms with Crippen molar-refractivity contribution in [3.8, 4) is 0 Å². The highest BCUT2D eigenvalue weighted by Crippen LogP contribution is 2.30. The molecule has 0 radical (unpaired) electrons. The fourth-order valence-electron chi connectivity index (χ4n) is 10.4. The van der Waals surface area contributed by atoms with E-state index in [1.165, 1.54) is 0 Å². The van der Waals surface area contributed by atoms with Crippen LogP contribution in [0.25, 0.3) is 0 Å². The van der Waals surface area contributed by atoms with Gasteiger partial charge in [0.1, 0.15) is 36.6 Å². The van der Waals surface area contributed by atoms with Crippen LogP contribution in [-0.2, 0) is 61.9 Å². The first-order valence-corrected chi connectivity index (χ1v) is 34.1. The van der Waals surface area contributed by atoms with Crippen LogP contribution in [0.1, 0.15) is 190 Å². The zero-order valence-electron chi connectivity index (χ0n) is 56.9. The minimum atomic E-state index is -1.27. The lowest BCUT2D eigenvalue weighted by molar-refractivity contribution is -0.282. The number of aliphatic hydroxyl groups is 9. The molecule has 0 bridgehead atoms. The third-order valence-corrected chi connectivity index (χ3v) is 16.1. The number of ether oxygens (including phenoxy) is 7. The normalized spacial score (nSPS) is 26.9. The van der Waals surface area contributed by atoms with E-state index in [-0.39, 0.29) is 81.3 Å². The monoisotopic (exact) mass is 1330 g/mol. The maximum atomic E-state index is 14.3. The van der Waals surface area contributed by atoms with Gasteiger partial charge >= 0.3 is 0 Å². The van der Waals surface area contributed by atoms with Gasteiger partial charge in [-0.25, -0.2) is 0 Å². The molecule has 92 heavy (non-hydrogen) atoms. The van der Waals surface area contributed by atoms with Gasteiger partial charge in [0.15, 0.2) is 24.7 Å². The van der Waals surface area contributed by atoms with Gasteiger partial charge in [0.25, 0.3) is 0 Å². The van der Waals surface area contributed by atoms with E-state index in [2.05, 4.69) is 47.4 Å². The summed E-state index contributed by atoms with van der Waals surface area (Å²) in [6.45, 7) is 16.6. The largest absolute Gasteiger partial charge is 0.394 e. The van der Waals surface area contributed by atoms with Gasteiger partial charge < -0.3 is 106 Å². The number of carbonyl (C=O) groups is 6. The van der Waals surface area contributed by atoms with E-state index in [9.17, 15) is 74.7 Å². The first-order valence-electron chi connectivity index (χ1n) is 34.1. The number of nitrogens with one attached hydrogen (secondary N) is 5. The molecule has 3 saturated heterocycles. The summed E-state index contributed by atoms with van der Waals surface area (Å²) in [4.78, 5) is 79.5. The molecule has 0 saturated carbocycles. The Morgan fingerprint density at radius 1 is 0.424 bits per heavy atom. The van der Waals surface area contributed by atoms with Crippen molar-refractivity contribution >= 4 is 35.3 Å². The van der Waals surface area contributed by atoms with Crippen LogP contribution < -0.4 is 26.6 Å². The molecule has 3 rings (SSSR count). The molecule has 5 amide bonds. The van der Waals surface area contributed by atoms with Crippen LogP contribution in [0, 0.1) is 29.6 Å². The quantitative estimate of drug-likeness (QED) is 0.0387. The number of methoxy groups -OCH3 is 1. The molecule has 0 aromatic rings. The minimum absolute atomic E-state index is 0.0348. The van der Waals surface area contributed by atoms with Crippen molar-refractivity contribution in [3.05, 3.63) is 0 Å². The molecule has 0 aliphatic carbocycles. The zero-order chi connectivity index (χ0) is 69.0. The van der Waals surface area contributed by atoms with Gasteiger partial charge in [0, 0.05) is 115 Å². The smallest absolute Gasteiger partial charge is 0.223 e. The molecular weight excluding hydrogens is 1200 g/mol. The van der Waals surface area contributed by atoms with Crippen molar-refractivity contribution in [2.24, 2.45) is 29.6 Å². The van der Waals surface area contributed by atoms with E-state index in [4.69, 9.17) is 33.2 Å². The second-order valence-electron chi connectivity index (χ2n) is 24.9. The second-order valence-corrected chi connectivity index (χ2v) is 24.9. The molecule has 8 unspecified atom stereocenters. The molecule has 27 nitrogen and oxygen atoms in total. The molecule has 540 valence electrons. The van der Waals surface area contributed by atoms with E-state index >= 15 is 0 Å². The molecule has 0 spiro atoms. The number of unbranched alkanes of at least 4 members (excludes halogenated alkanes) is 7. The summed E-state index contributed by atoms with van der Waals surface area (Å²) in [7, 11) is 1.60.